The van der Waals surface area contributed by atoms with Crippen molar-refractivity contribution in [1.29, 1.82) is 0 Å². The van der Waals surface area contributed by atoms with E-state index < -0.39 is 10.8 Å². The Balaban J connectivity index is 1.87. The molecule has 0 saturated heterocycles. The van der Waals surface area contributed by atoms with Crippen LogP contribution in [0.2, 0.25) is 0 Å². The van der Waals surface area contributed by atoms with Gasteiger partial charge in [-0.05, 0) is 44.4 Å². The number of carbonyl (C=O) groups excluding carboxylic acids is 1. The summed E-state index contributed by atoms with van der Waals surface area (Å²) in [6.07, 6.45) is 0. The van der Waals surface area contributed by atoms with E-state index in [1.807, 2.05) is 75.7 Å². The number of aromatic hydroxyl groups is 1. The van der Waals surface area contributed by atoms with Gasteiger partial charge in [0.25, 0.3) is 5.69 Å². The maximum absolute atomic E-state index is 12.5. The molecule has 0 radical (unpaired) electrons. The third-order valence-corrected chi connectivity index (χ3v) is 6.15. The van der Waals surface area contributed by atoms with Gasteiger partial charge in [-0.2, -0.15) is 0 Å². The molecule has 3 aromatic carbocycles. The summed E-state index contributed by atoms with van der Waals surface area (Å²) in [7, 11) is 6.10. The Morgan fingerprint density at radius 2 is 1.68 bits per heavy atom. The van der Waals surface area contributed by atoms with Crippen LogP contribution in [0.25, 0.3) is 10.9 Å². The minimum atomic E-state index is -0.531. The Morgan fingerprint density at radius 1 is 1.00 bits per heavy atom. The average Bonchev–Trinajstić information content (AvgIpc) is 3.17. The van der Waals surface area contributed by atoms with Crippen LogP contribution in [0.4, 0.5) is 17.1 Å². The van der Waals surface area contributed by atoms with Crippen LogP contribution in [0, 0.1) is 10.1 Å². The summed E-state index contributed by atoms with van der Waals surface area (Å²) in [5.41, 5.74) is 3.29. The van der Waals surface area contributed by atoms with E-state index in [1.165, 1.54) is 19.1 Å². The molecule has 0 fully saturated rings. The van der Waals surface area contributed by atoms with E-state index >= 15 is 0 Å². The van der Waals surface area contributed by atoms with E-state index in [9.17, 15) is 20.0 Å². The Labute approximate surface area is 215 Å². The standard InChI is InChI=1S/C28H29N5O4/c1-19(34)32-25-18-23(33(36)37)14-15-24(25)26(28(32)35)27(20-8-6-5-7-9-20)29-21-10-12-22(13-11-21)31(4)17-16-30(2)3/h5-15,18,35H,16-17H2,1-4H3. The van der Waals surface area contributed by atoms with Gasteiger partial charge in [0.1, 0.15) is 0 Å². The molecule has 4 rings (SSSR count). The van der Waals surface area contributed by atoms with Crippen molar-refractivity contribution in [1.82, 2.24) is 9.47 Å². The summed E-state index contributed by atoms with van der Waals surface area (Å²) in [4.78, 5) is 32.5. The maximum atomic E-state index is 12.5. The summed E-state index contributed by atoms with van der Waals surface area (Å²) in [6, 6.07) is 21.3. The van der Waals surface area contributed by atoms with Gasteiger partial charge < -0.3 is 14.9 Å². The predicted octanol–water partition coefficient (Wildman–Crippen LogP) is 5.08. The average molecular weight is 500 g/mol. The summed E-state index contributed by atoms with van der Waals surface area (Å²) < 4.78 is 1.08. The molecule has 1 heterocycles. The second kappa shape index (κ2) is 10.6. The Hall–Kier alpha value is -4.50. The molecule has 37 heavy (non-hydrogen) atoms. The van der Waals surface area contributed by atoms with Crippen LogP contribution in [-0.2, 0) is 0 Å². The number of nitrogens with zero attached hydrogens (tertiary/aromatic N) is 5. The first-order valence-electron chi connectivity index (χ1n) is 11.8. The number of hydrogen-bond donors (Lipinski definition) is 1. The molecule has 0 spiro atoms. The van der Waals surface area contributed by atoms with Crippen molar-refractivity contribution in [2.45, 2.75) is 6.92 Å². The van der Waals surface area contributed by atoms with Crippen molar-refractivity contribution in [2.75, 3.05) is 39.1 Å². The van der Waals surface area contributed by atoms with E-state index in [2.05, 4.69) is 9.80 Å². The van der Waals surface area contributed by atoms with Crippen molar-refractivity contribution < 1.29 is 14.8 Å². The van der Waals surface area contributed by atoms with Crippen LogP contribution in [-0.4, -0.2) is 65.3 Å². The molecule has 0 aliphatic heterocycles. The van der Waals surface area contributed by atoms with Crippen LogP contribution < -0.4 is 4.90 Å². The van der Waals surface area contributed by atoms with Gasteiger partial charge in [-0.15, -0.1) is 0 Å². The smallest absolute Gasteiger partial charge is 0.271 e. The first kappa shape index (κ1) is 25.6. The summed E-state index contributed by atoms with van der Waals surface area (Å²) in [6.45, 7) is 3.09. The highest BCUT2D eigenvalue weighted by Crippen LogP contribution is 2.36. The van der Waals surface area contributed by atoms with Gasteiger partial charge in [-0.3, -0.25) is 14.9 Å². The monoisotopic (exact) mass is 499 g/mol. The fourth-order valence-electron chi connectivity index (χ4n) is 4.18. The molecule has 9 nitrogen and oxygen atoms in total. The van der Waals surface area contributed by atoms with E-state index in [1.54, 1.807) is 6.07 Å². The second-order valence-electron chi connectivity index (χ2n) is 9.08. The second-order valence-corrected chi connectivity index (χ2v) is 9.08. The lowest BCUT2D eigenvalue weighted by molar-refractivity contribution is -0.384. The van der Waals surface area contributed by atoms with Gasteiger partial charge in [0, 0.05) is 55.8 Å². The molecule has 9 heteroatoms. The number of rotatable bonds is 8. The lowest BCUT2D eigenvalue weighted by atomic mass is 10.0. The van der Waals surface area contributed by atoms with Crippen molar-refractivity contribution in [3.63, 3.8) is 0 Å². The van der Waals surface area contributed by atoms with Crippen molar-refractivity contribution in [3.8, 4) is 5.88 Å². The van der Waals surface area contributed by atoms with Gasteiger partial charge in [0.15, 0.2) is 0 Å². The van der Waals surface area contributed by atoms with Crippen LogP contribution in [0.15, 0.2) is 77.8 Å². The molecule has 0 atom stereocenters. The minimum absolute atomic E-state index is 0.175. The number of likely N-dealkylation sites (N-methyl/N-ethyl adjacent to an activating group) is 2. The molecule has 190 valence electrons. The van der Waals surface area contributed by atoms with Gasteiger partial charge >= 0.3 is 0 Å². The zero-order valence-electron chi connectivity index (χ0n) is 21.3. The Kier molecular flexibility index (Phi) is 7.35. The van der Waals surface area contributed by atoms with Crippen LogP contribution in [0.5, 0.6) is 5.88 Å². The number of anilines is 1. The normalized spacial score (nSPS) is 11.8. The zero-order valence-corrected chi connectivity index (χ0v) is 21.3. The molecule has 1 N–H and O–H groups in total. The fraction of sp³-hybridized carbons (Fsp3) is 0.214. The number of non-ortho nitro benzene ring substituents is 1. The van der Waals surface area contributed by atoms with Gasteiger partial charge in [0.05, 0.1) is 27.4 Å². The molecule has 0 aliphatic rings. The quantitative estimate of drug-likeness (QED) is 0.206. The van der Waals surface area contributed by atoms with Crippen molar-refractivity contribution >= 4 is 39.6 Å². The maximum Gasteiger partial charge on any atom is 0.271 e. The van der Waals surface area contributed by atoms with E-state index in [0.29, 0.717) is 22.3 Å². The first-order chi connectivity index (χ1) is 17.7. The number of nitro benzene ring substituents is 1. The highest BCUT2D eigenvalue weighted by molar-refractivity contribution is 6.23. The number of hydrogen-bond acceptors (Lipinski definition) is 7. The van der Waals surface area contributed by atoms with E-state index in [-0.39, 0.29) is 17.1 Å². The minimum Gasteiger partial charge on any atom is -0.494 e. The van der Waals surface area contributed by atoms with E-state index in [4.69, 9.17) is 4.99 Å². The van der Waals surface area contributed by atoms with Crippen LogP contribution >= 0.6 is 0 Å². The third-order valence-electron chi connectivity index (χ3n) is 6.15. The number of aliphatic imine (C=N–C) groups is 1. The zero-order chi connectivity index (χ0) is 26.7. The van der Waals surface area contributed by atoms with Crippen LogP contribution in [0.1, 0.15) is 22.8 Å². The molecule has 4 aromatic rings. The lowest BCUT2D eigenvalue weighted by Crippen LogP contribution is -2.28. The molecule has 0 bridgehead atoms. The molecule has 0 unspecified atom stereocenters. The highest BCUT2D eigenvalue weighted by Gasteiger charge is 2.25. The topological polar surface area (TPSA) is 104 Å². The molecular formula is C28H29N5O4. The summed E-state index contributed by atoms with van der Waals surface area (Å²) in [5, 5.41) is 23.1. The van der Waals surface area contributed by atoms with Crippen molar-refractivity contribution in [3.05, 3.63) is 94.0 Å². The predicted molar refractivity (Wildman–Crippen MR) is 147 cm³/mol. The largest absolute Gasteiger partial charge is 0.494 e. The number of aromatic nitrogens is 1. The Bertz CT molecular complexity index is 1470. The summed E-state index contributed by atoms with van der Waals surface area (Å²) in [5.74, 6) is -0.780. The molecule has 0 saturated carbocycles. The van der Waals surface area contributed by atoms with Crippen molar-refractivity contribution in [2.24, 2.45) is 4.99 Å². The third kappa shape index (κ3) is 5.36. The molecule has 0 aliphatic carbocycles. The van der Waals surface area contributed by atoms with Crippen LogP contribution in [0.3, 0.4) is 0 Å². The van der Waals surface area contributed by atoms with Gasteiger partial charge in [-0.25, -0.2) is 9.56 Å². The number of benzene rings is 3. The lowest BCUT2D eigenvalue weighted by Gasteiger charge is -2.21. The number of carbonyl (C=O) groups is 1. The van der Waals surface area contributed by atoms with E-state index in [0.717, 1.165) is 28.9 Å². The first-order valence-corrected chi connectivity index (χ1v) is 11.8. The number of nitro groups is 1. The highest BCUT2D eigenvalue weighted by atomic mass is 16.6. The van der Waals surface area contributed by atoms with Gasteiger partial charge in [0.2, 0.25) is 11.8 Å². The SMILES string of the molecule is CC(=O)n1c(O)c(C(=Nc2ccc(N(C)CCN(C)C)cc2)c2ccccc2)c2ccc([N+](=O)[O-])cc21. The summed E-state index contributed by atoms with van der Waals surface area (Å²) >= 11 is 0. The Morgan fingerprint density at radius 3 is 2.27 bits per heavy atom. The fourth-order valence-corrected chi connectivity index (χ4v) is 4.18. The van der Waals surface area contributed by atoms with Gasteiger partial charge in [-0.1, -0.05) is 30.3 Å². The molecule has 1 aromatic heterocycles. The molecular weight excluding hydrogens is 470 g/mol. The molecule has 0 amide bonds. The number of fused-ring (bicyclic) bond motifs is 1.